The second kappa shape index (κ2) is 7.20. The predicted octanol–water partition coefficient (Wildman–Crippen LogP) is 3.34. The van der Waals surface area contributed by atoms with E-state index in [9.17, 15) is 0 Å². The molecule has 0 bridgehead atoms. The number of hydrogen-bond donors (Lipinski definition) is 0. The number of benzene rings is 1. The van der Waals surface area contributed by atoms with Crippen molar-refractivity contribution in [2.75, 3.05) is 24.5 Å². The molecule has 1 unspecified atom stereocenters. The van der Waals surface area contributed by atoms with Gasteiger partial charge in [0.2, 0.25) is 0 Å². The van der Waals surface area contributed by atoms with Gasteiger partial charge in [0.15, 0.2) is 0 Å². The molecule has 0 amide bonds. The van der Waals surface area contributed by atoms with E-state index in [1.54, 1.807) is 6.33 Å². The minimum Gasteiger partial charge on any atom is -0.355 e. The third-order valence-electron chi connectivity index (χ3n) is 4.27. The summed E-state index contributed by atoms with van der Waals surface area (Å²) in [5, 5.41) is 0. The summed E-state index contributed by atoms with van der Waals surface area (Å²) in [6.07, 6.45) is 2.77. The van der Waals surface area contributed by atoms with E-state index in [2.05, 4.69) is 73.0 Å². The summed E-state index contributed by atoms with van der Waals surface area (Å²) in [4.78, 5) is 13.4. The van der Waals surface area contributed by atoms with Crippen molar-refractivity contribution in [1.29, 1.82) is 0 Å². The van der Waals surface area contributed by atoms with E-state index in [-0.39, 0.29) is 0 Å². The van der Waals surface area contributed by atoms with Crippen LogP contribution in [0.3, 0.4) is 0 Å². The van der Waals surface area contributed by atoms with Crippen LogP contribution in [0.25, 0.3) is 0 Å². The van der Waals surface area contributed by atoms with Gasteiger partial charge >= 0.3 is 0 Å². The molecular weight excluding hydrogens is 340 g/mol. The fourth-order valence-corrected chi connectivity index (χ4v) is 3.18. The molecule has 1 atom stereocenters. The standard InChI is InChI=1S/C17H21BrN4/c1-14-7-8-21(17-11-16(18)19-13-20-17)9-10-22(14)12-15-5-3-2-4-6-15/h2-6,11,13-14H,7-10,12H2,1H3. The Bertz CT molecular complexity index is 605. The SMILES string of the molecule is CC1CCN(c2cc(Br)ncn2)CCN1Cc1ccccc1. The quantitative estimate of drug-likeness (QED) is 0.785. The molecule has 116 valence electrons. The Hall–Kier alpha value is -1.46. The molecular formula is C17H21BrN4. The smallest absolute Gasteiger partial charge is 0.133 e. The molecule has 2 aromatic rings. The van der Waals surface area contributed by atoms with Gasteiger partial charge in [0.25, 0.3) is 0 Å². The van der Waals surface area contributed by atoms with Crippen molar-refractivity contribution in [1.82, 2.24) is 14.9 Å². The first kappa shape index (κ1) is 15.4. The molecule has 22 heavy (non-hydrogen) atoms. The average molecular weight is 361 g/mol. The Morgan fingerprint density at radius 2 is 1.95 bits per heavy atom. The highest BCUT2D eigenvalue weighted by molar-refractivity contribution is 9.10. The van der Waals surface area contributed by atoms with Crippen LogP contribution < -0.4 is 4.90 Å². The lowest BCUT2D eigenvalue weighted by atomic mass is 10.1. The third-order valence-corrected chi connectivity index (χ3v) is 4.70. The number of rotatable bonds is 3. The van der Waals surface area contributed by atoms with Gasteiger partial charge < -0.3 is 4.90 Å². The Kier molecular flexibility index (Phi) is 5.05. The van der Waals surface area contributed by atoms with E-state index in [0.29, 0.717) is 6.04 Å². The molecule has 4 nitrogen and oxygen atoms in total. The van der Waals surface area contributed by atoms with Gasteiger partial charge in [-0.15, -0.1) is 0 Å². The van der Waals surface area contributed by atoms with Gasteiger partial charge in [0.1, 0.15) is 16.7 Å². The van der Waals surface area contributed by atoms with Crippen LogP contribution in [-0.4, -0.2) is 40.5 Å². The highest BCUT2D eigenvalue weighted by Gasteiger charge is 2.21. The van der Waals surface area contributed by atoms with Gasteiger partial charge in [0.05, 0.1) is 0 Å². The molecule has 0 saturated carbocycles. The summed E-state index contributed by atoms with van der Waals surface area (Å²) in [6, 6.07) is 13.3. The Morgan fingerprint density at radius 3 is 2.73 bits per heavy atom. The van der Waals surface area contributed by atoms with Crippen molar-refractivity contribution >= 4 is 21.7 Å². The summed E-state index contributed by atoms with van der Waals surface area (Å²) >= 11 is 3.43. The van der Waals surface area contributed by atoms with Crippen LogP contribution >= 0.6 is 15.9 Å². The molecule has 1 saturated heterocycles. The van der Waals surface area contributed by atoms with E-state index >= 15 is 0 Å². The van der Waals surface area contributed by atoms with E-state index in [0.717, 1.165) is 43.0 Å². The molecule has 0 spiro atoms. The van der Waals surface area contributed by atoms with Gasteiger partial charge in [0, 0.05) is 38.3 Å². The van der Waals surface area contributed by atoms with Crippen LogP contribution in [0.15, 0.2) is 47.3 Å². The topological polar surface area (TPSA) is 32.3 Å². The lowest BCUT2D eigenvalue weighted by molar-refractivity contribution is 0.212. The first-order chi connectivity index (χ1) is 10.7. The first-order valence-corrected chi connectivity index (χ1v) is 8.52. The van der Waals surface area contributed by atoms with Crippen LogP contribution in [0.1, 0.15) is 18.9 Å². The zero-order valence-corrected chi connectivity index (χ0v) is 14.4. The summed E-state index contributed by atoms with van der Waals surface area (Å²) < 4.78 is 0.843. The molecule has 0 radical (unpaired) electrons. The number of anilines is 1. The van der Waals surface area contributed by atoms with Crippen molar-refractivity contribution in [3.63, 3.8) is 0 Å². The van der Waals surface area contributed by atoms with Crippen LogP contribution in [0.5, 0.6) is 0 Å². The molecule has 1 aliphatic heterocycles. The molecule has 1 aromatic carbocycles. The van der Waals surface area contributed by atoms with Crippen LogP contribution in [0.4, 0.5) is 5.82 Å². The van der Waals surface area contributed by atoms with Crippen molar-refractivity contribution in [3.05, 3.63) is 52.9 Å². The van der Waals surface area contributed by atoms with Crippen molar-refractivity contribution in [2.24, 2.45) is 0 Å². The first-order valence-electron chi connectivity index (χ1n) is 7.73. The van der Waals surface area contributed by atoms with Gasteiger partial charge in [-0.25, -0.2) is 9.97 Å². The number of hydrogen-bond acceptors (Lipinski definition) is 4. The molecule has 2 heterocycles. The van der Waals surface area contributed by atoms with Crippen LogP contribution in [0, 0.1) is 0 Å². The molecule has 0 N–H and O–H groups in total. The third kappa shape index (κ3) is 3.84. The molecule has 3 rings (SSSR count). The minimum atomic E-state index is 0.579. The lowest BCUT2D eigenvalue weighted by Crippen LogP contribution is -2.34. The van der Waals surface area contributed by atoms with Crippen molar-refractivity contribution in [3.8, 4) is 0 Å². The minimum absolute atomic E-state index is 0.579. The van der Waals surface area contributed by atoms with E-state index in [1.165, 1.54) is 5.56 Å². The Balaban J connectivity index is 1.67. The monoisotopic (exact) mass is 360 g/mol. The molecule has 5 heteroatoms. The summed E-state index contributed by atoms with van der Waals surface area (Å²) in [7, 11) is 0. The Morgan fingerprint density at radius 1 is 1.14 bits per heavy atom. The molecule has 1 aliphatic rings. The Labute approximate surface area is 140 Å². The summed E-state index contributed by atoms with van der Waals surface area (Å²) in [5.74, 6) is 1.01. The maximum Gasteiger partial charge on any atom is 0.133 e. The van der Waals surface area contributed by atoms with Crippen LogP contribution in [-0.2, 0) is 6.54 Å². The van der Waals surface area contributed by atoms with Gasteiger partial charge in [-0.3, -0.25) is 4.90 Å². The normalized spacial score (nSPS) is 19.9. The van der Waals surface area contributed by atoms with Crippen molar-refractivity contribution < 1.29 is 0 Å². The highest BCUT2D eigenvalue weighted by Crippen LogP contribution is 2.20. The molecule has 1 fully saturated rings. The average Bonchev–Trinajstić information content (AvgIpc) is 2.71. The molecule has 1 aromatic heterocycles. The zero-order valence-electron chi connectivity index (χ0n) is 12.8. The zero-order chi connectivity index (χ0) is 15.4. The van der Waals surface area contributed by atoms with Gasteiger partial charge in [-0.1, -0.05) is 30.3 Å². The van der Waals surface area contributed by atoms with E-state index in [1.807, 2.05) is 6.07 Å². The maximum absolute atomic E-state index is 4.41. The summed E-state index contributed by atoms with van der Waals surface area (Å²) in [6.45, 7) is 6.43. The number of aromatic nitrogens is 2. The number of halogens is 1. The van der Waals surface area contributed by atoms with E-state index in [4.69, 9.17) is 0 Å². The molecule has 0 aliphatic carbocycles. The fraction of sp³-hybridized carbons (Fsp3) is 0.412. The second-order valence-corrected chi connectivity index (χ2v) is 6.59. The van der Waals surface area contributed by atoms with Crippen molar-refractivity contribution in [2.45, 2.75) is 25.9 Å². The van der Waals surface area contributed by atoms with Crippen LogP contribution in [0.2, 0.25) is 0 Å². The van der Waals surface area contributed by atoms with Gasteiger partial charge in [-0.2, -0.15) is 0 Å². The lowest BCUT2D eigenvalue weighted by Gasteiger charge is -2.26. The second-order valence-electron chi connectivity index (χ2n) is 5.78. The summed E-state index contributed by atoms with van der Waals surface area (Å²) in [5.41, 5.74) is 1.38. The highest BCUT2D eigenvalue weighted by atomic mass is 79.9. The maximum atomic E-state index is 4.41. The van der Waals surface area contributed by atoms with E-state index < -0.39 is 0 Å². The fourth-order valence-electron chi connectivity index (χ4n) is 2.89. The number of nitrogens with zero attached hydrogens (tertiary/aromatic N) is 4. The van der Waals surface area contributed by atoms with Gasteiger partial charge in [-0.05, 0) is 34.8 Å². The largest absolute Gasteiger partial charge is 0.355 e. The predicted molar refractivity (Wildman–Crippen MR) is 92.9 cm³/mol.